The van der Waals surface area contributed by atoms with Crippen LogP contribution in [-0.4, -0.2) is 46.1 Å². The normalized spacial score (nSPS) is 15.5. The fraction of sp³-hybridized carbons (Fsp3) is 0.409. The Morgan fingerprint density at radius 2 is 1.85 bits per heavy atom. The quantitative estimate of drug-likeness (QED) is 0.681. The number of aliphatic hydroxyl groups is 1. The van der Waals surface area contributed by atoms with E-state index >= 15 is 0 Å². The number of carbonyl (C=O) groups is 1. The van der Waals surface area contributed by atoms with Gasteiger partial charge in [0, 0.05) is 41.3 Å². The van der Waals surface area contributed by atoms with E-state index in [1.165, 1.54) is 0 Å². The van der Waals surface area contributed by atoms with Crippen molar-refractivity contribution in [2.45, 2.75) is 39.7 Å². The van der Waals surface area contributed by atoms with E-state index in [4.69, 9.17) is 0 Å². The van der Waals surface area contributed by atoms with Gasteiger partial charge in [-0.1, -0.05) is 5.92 Å². The lowest BCUT2D eigenvalue weighted by Gasteiger charge is -2.28. The molecule has 0 atom stereocenters. The lowest BCUT2D eigenvalue weighted by molar-refractivity contribution is 0.0710. The summed E-state index contributed by atoms with van der Waals surface area (Å²) in [6.45, 7) is 7.84. The van der Waals surface area contributed by atoms with Crippen LogP contribution in [0.2, 0.25) is 0 Å². The number of benzene rings is 1. The van der Waals surface area contributed by atoms with Crippen molar-refractivity contribution >= 4 is 5.78 Å². The number of rotatable bonds is 4. The number of aryl methyl sites for hydroxylation is 1. The smallest absolute Gasteiger partial charge is 0.178 e. The zero-order chi connectivity index (χ0) is 18.7. The highest BCUT2D eigenvalue weighted by atomic mass is 16.3. The van der Waals surface area contributed by atoms with Crippen LogP contribution in [0.5, 0.6) is 0 Å². The first kappa shape index (κ1) is 18.4. The van der Waals surface area contributed by atoms with E-state index in [1.807, 2.05) is 51.1 Å². The first-order chi connectivity index (χ1) is 12.5. The lowest BCUT2D eigenvalue weighted by Crippen LogP contribution is -2.39. The summed E-state index contributed by atoms with van der Waals surface area (Å²) in [5.74, 6) is 6.10. The van der Waals surface area contributed by atoms with Gasteiger partial charge in [0.25, 0.3) is 0 Å². The van der Waals surface area contributed by atoms with Gasteiger partial charge in [0.1, 0.15) is 0 Å². The summed E-state index contributed by atoms with van der Waals surface area (Å²) in [4.78, 5) is 15.0. The zero-order valence-corrected chi connectivity index (χ0v) is 15.7. The minimum Gasteiger partial charge on any atom is -0.393 e. The van der Waals surface area contributed by atoms with Crippen molar-refractivity contribution in [3.8, 4) is 17.5 Å². The van der Waals surface area contributed by atoms with Crippen LogP contribution in [0.4, 0.5) is 0 Å². The van der Waals surface area contributed by atoms with E-state index in [1.54, 1.807) is 0 Å². The molecule has 0 bridgehead atoms. The van der Waals surface area contributed by atoms with Gasteiger partial charge in [-0.05, 0) is 63.9 Å². The number of hydrogen-bond donors (Lipinski definition) is 1. The maximum absolute atomic E-state index is 12.8. The molecule has 2 heterocycles. The van der Waals surface area contributed by atoms with Crippen molar-refractivity contribution in [2.24, 2.45) is 0 Å². The molecule has 4 nitrogen and oxygen atoms in total. The maximum Gasteiger partial charge on any atom is 0.178 e. The molecule has 1 aliphatic rings. The minimum absolute atomic E-state index is 0.147. The number of nitrogens with zero attached hydrogens (tertiary/aromatic N) is 2. The Hall–Kier alpha value is -2.35. The second-order valence-corrected chi connectivity index (χ2v) is 6.97. The van der Waals surface area contributed by atoms with Crippen LogP contribution < -0.4 is 0 Å². The molecule has 0 amide bonds. The van der Waals surface area contributed by atoms with Crippen molar-refractivity contribution in [1.29, 1.82) is 0 Å². The maximum atomic E-state index is 12.8. The summed E-state index contributed by atoms with van der Waals surface area (Å²) in [5.41, 5.74) is 4.84. The number of Topliss-reactive ketones (excluding diaryl/α,β-unsaturated/α-hetero) is 1. The molecule has 3 rings (SSSR count). The number of piperidine rings is 1. The summed E-state index contributed by atoms with van der Waals surface area (Å²) in [6.07, 6.45) is 1.28. The number of aromatic nitrogens is 1. The summed E-state index contributed by atoms with van der Waals surface area (Å²) in [5, 5.41) is 9.62. The lowest BCUT2D eigenvalue weighted by atomic mass is 10.1. The van der Waals surface area contributed by atoms with Crippen molar-refractivity contribution in [3.63, 3.8) is 0 Å². The molecule has 0 radical (unpaired) electrons. The van der Waals surface area contributed by atoms with Crippen molar-refractivity contribution in [3.05, 3.63) is 52.8 Å². The van der Waals surface area contributed by atoms with Gasteiger partial charge in [-0.3, -0.25) is 9.69 Å². The van der Waals surface area contributed by atoms with Crippen molar-refractivity contribution in [1.82, 2.24) is 9.47 Å². The minimum atomic E-state index is -0.216. The number of likely N-dealkylation sites (tertiary alicyclic amines) is 1. The van der Waals surface area contributed by atoms with Crippen LogP contribution in [0.15, 0.2) is 30.3 Å². The van der Waals surface area contributed by atoms with Gasteiger partial charge in [-0.25, -0.2) is 0 Å². The van der Waals surface area contributed by atoms with Crippen LogP contribution >= 0.6 is 0 Å². The van der Waals surface area contributed by atoms with E-state index in [0.717, 1.165) is 54.1 Å². The largest absolute Gasteiger partial charge is 0.393 e. The number of aliphatic hydroxyl groups excluding tert-OH is 1. The molecule has 136 valence electrons. The molecule has 0 unspecified atom stereocenters. The molecule has 0 aliphatic carbocycles. The predicted molar refractivity (Wildman–Crippen MR) is 104 cm³/mol. The fourth-order valence-corrected chi connectivity index (χ4v) is 3.65. The highest BCUT2D eigenvalue weighted by Crippen LogP contribution is 2.22. The standard InChI is InChI=1S/C22H26N2O2/c1-4-5-18-6-8-19(9-7-18)24-16(2)14-21(17(24)3)22(26)15-23-12-10-20(25)11-13-23/h6-9,14,20,25H,10-13,15H2,1-3H3. The van der Waals surface area contributed by atoms with Gasteiger partial charge >= 0.3 is 0 Å². The van der Waals surface area contributed by atoms with Crippen LogP contribution in [0.3, 0.4) is 0 Å². The number of hydrogen-bond acceptors (Lipinski definition) is 3. The average molecular weight is 350 g/mol. The Labute approximate surface area is 155 Å². The van der Waals surface area contributed by atoms with E-state index in [0.29, 0.717) is 6.54 Å². The first-order valence-electron chi connectivity index (χ1n) is 9.15. The topological polar surface area (TPSA) is 45.5 Å². The van der Waals surface area contributed by atoms with Gasteiger partial charge in [-0.15, -0.1) is 5.92 Å². The fourth-order valence-electron chi connectivity index (χ4n) is 3.65. The van der Waals surface area contributed by atoms with Crippen LogP contribution in [0.1, 0.15) is 47.1 Å². The predicted octanol–water partition coefficient (Wildman–Crippen LogP) is 3.10. The molecule has 26 heavy (non-hydrogen) atoms. The second-order valence-electron chi connectivity index (χ2n) is 6.97. The average Bonchev–Trinajstić information content (AvgIpc) is 2.93. The molecule has 1 fully saturated rings. The third-order valence-electron chi connectivity index (χ3n) is 5.05. The van der Waals surface area contributed by atoms with Crippen LogP contribution in [0.25, 0.3) is 5.69 Å². The van der Waals surface area contributed by atoms with Gasteiger partial charge in [0.2, 0.25) is 0 Å². The summed E-state index contributed by atoms with van der Waals surface area (Å²) < 4.78 is 2.12. The van der Waals surface area contributed by atoms with Gasteiger partial charge in [0.05, 0.1) is 12.6 Å². The van der Waals surface area contributed by atoms with E-state index in [2.05, 4.69) is 21.3 Å². The Kier molecular flexibility index (Phi) is 5.61. The molecule has 4 heteroatoms. The van der Waals surface area contributed by atoms with Crippen LogP contribution in [0, 0.1) is 25.7 Å². The van der Waals surface area contributed by atoms with Gasteiger partial charge in [0.15, 0.2) is 5.78 Å². The molecule has 1 aliphatic heterocycles. The molecule has 0 spiro atoms. The van der Waals surface area contributed by atoms with Crippen LogP contribution in [-0.2, 0) is 0 Å². The van der Waals surface area contributed by atoms with Gasteiger partial charge < -0.3 is 9.67 Å². The Morgan fingerprint density at radius 3 is 2.46 bits per heavy atom. The number of carbonyl (C=O) groups excluding carboxylic acids is 1. The molecule has 1 saturated heterocycles. The molecule has 1 aromatic carbocycles. The molecule has 2 aromatic rings. The second kappa shape index (κ2) is 7.90. The molecule has 1 aromatic heterocycles. The monoisotopic (exact) mass is 350 g/mol. The third-order valence-corrected chi connectivity index (χ3v) is 5.05. The summed E-state index contributed by atoms with van der Waals surface area (Å²) in [7, 11) is 0. The van der Waals surface area contributed by atoms with Gasteiger partial charge in [-0.2, -0.15) is 0 Å². The summed E-state index contributed by atoms with van der Waals surface area (Å²) >= 11 is 0. The Morgan fingerprint density at radius 1 is 1.19 bits per heavy atom. The number of ketones is 1. The Bertz CT molecular complexity index is 845. The zero-order valence-electron chi connectivity index (χ0n) is 15.7. The highest BCUT2D eigenvalue weighted by Gasteiger charge is 2.22. The van der Waals surface area contributed by atoms with E-state index in [-0.39, 0.29) is 11.9 Å². The first-order valence-corrected chi connectivity index (χ1v) is 9.15. The van der Waals surface area contributed by atoms with E-state index in [9.17, 15) is 9.90 Å². The molecular weight excluding hydrogens is 324 g/mol. The highest BCUT2D eigenvalue weighted by molar-refractivity contribution is 5.99. The van der Waals surface area contributed by atoms with E-state index < -0.39 is 0 Å². The molecule has 0 saturated carbocycles. The molecule has 1 N–H and O–H groups in total. The van der Waals surface area contributed by atoms with Crippen molar-refractivity contribution < 1.29 is 9.90 Å². The summed E-state index contributed by atoms with van der Waals surface area (Å²) in [6, 6.07) is 10.1. The van der Waals surface area contributed by atoms with Crippen molar-refractivity contribution in [2.75, 3.05) is 19.6 Å². The Balaban J connectivity index is 1.80. The SMILES string of the molecule is CC#Cc1ccc(-n2c(C)cc(C(=O)CN3CCC(O)CC3)c2C)cc1. The molecular formula is C22H26N2O2. The third kappa shape index (κ3) is 3.90.